The average Bonchev–Trinajstić information content (AvgIpc) is 2.24. The maximum Gasteiger partial charge on any atom is 0.123 e. The van der Waals surface area contributed by atoms with Gasteiger partial charge >= 0.3 is 0 Å². The van der Waals surface area contributed by atoms with Crippen molar-refractivity contribution in [1.82, 2.24) is 0 Å². The van der Waals surface area contributed by atoms with E-state index in [1.54, 1.807) is 6.92 Å². The highest BCUT2D eigenvalue weighted by Crippen LogP contribution is 2.25. The van der Waals surface area contributed by atoms with Gasteiger partial charge in [-0.15, -0.1) is 0 Å². The molecule has 17 heavy (non-hydrogen) atoms. The Balaban J connectivity index is 2.80. The number of aliphatic hydroxyl groups excluding tert-OH is 1. The molecule has 0 aliphatic carbocycles. The lowest BCUT2D eigenvalue weighted by Crippen LogP contribution is -2.26. The Morgan fingerprint density at radius 2 is 2.12 bits per heavy atom. The van der Waals surface area contributed by atoms with E-state index in [1.807, 2.05) is 30.1 Å². The van der Waals surface area contributed by atoms with Crippen LogP contribution in [0.1, 0.15) is 20.3 Å². The number of hydrogen-bond donors (Lipinski definition) is 2. The summed E-state index contributed by atoms with van der Waals surface area (Å²) in [6.45, 7) is 5.07. The van der Waals surface area contributed by atoms with E-state index in [-0.39, 0.29) is 6.10 Å². The summed E-state index contributed by atoms with van der Waals surface area (Å²) < 4.78 is 5.56. The van der Waals surface area contributed by atoms with Crippen LogP contribution in [0, 0.1) is 0 Å². The van der Waals surface area contributed by atoms with Gasteiger partial charge in [0, 0.05) is 37.1 Å². The minimum absolute atomic E-state index is 0.374. The zero-order chi connectivity index (χ0) is 12.8. The van der Waals surface area contributed by atoms with Gasteiger partial charge in [-0.3, -0.25) is 0 Å². The van der Waals surface area contributed by atoms with Gasteiger partial charge < -0.3 is 20.5 Å². The summed E-state index contributed by atoms with van der Waals surface area (Å²) in [5.41, 5.74) is 7.46. The summed E-state index contributed by atoms with van der Waals surface area (Å²) in [6.07, 6.45) is 0.592. The van der Waals surface area contributed by atoms with Crippen LogP contribution in [0.15, 0.2) is 18.2 Å². The van der Waals surface area contributed by atoms with E-state index < -0.39 is 0 Å². The maximum atomic E-state index is 9.36. The molecule has 4 heteroatoms. The smallest absolute Gasteiger partial charge is 0.123 e. The molecule has 0 radical (unpaired) electrons. The van der Waals surface area contributed by atoms with Crippen LogP contribution in [0.25, 0.3) is 0 Å². The van der Waals surface area contributed by atoms with Gasteiger partial charge in [-0.05, 0) is 19.4 Å². The first-order chi connectivity index (χ1) is 8.02. The van der Waals surface area contributed by atoms with Crippen molar-refractivity contribution < 1.29 is 9.84 Å². The van der Waals surface area contributed by atoms with Gasteiger partial charge in [0.25, 0.3) is 0 Å². The Bertz CT molecular complexity index is 353. The molecule has 0 aliphatic heterocycles. The molecule has 0 amide bonds. The average molecular weight is 238 g/mol. The van der Waals surface area contributed by atoms with Gasteiger partial charge in [0.15, 0.2) is 0 Å². The third kappa shape index (κ3) is 4.53. The predicted octanol–water partition coefficient (Wildman–Crippen LogP) is 1.87. The van der Waals surface area contributed by atoms with Crippen LogP contribution in [0.5, 0.6) is 5.75 Å². The van der Waals surface area contributed by atoms with E-state index in [4.69, 9.17) is 10.5 Å². The second kappa shape index (κ2) is 6.35. The van der Waals surface area contributed by atoms with Crippen molar-refractivity contribution in [3.05, 3.63) is 18.2 Å². The van der Waals surface area contributed by atoms with E-state index in [2.05, 4.69) is 6.92 Å². The number of rotatable bonds is 6. The van der Waals surface area contributed by atoms with Gasteiger partial charge in [-0.2, -0.15) is 0 Å². The fourth-order valence-electron chi connectivity index (χ4n) is 1.63. The molecular formula is C13H22N2O2. The fourth-order valence-corrected chi connectivity index (χ4v) is 1.63. The normalized spacial score (nSPS) is 12.2. The van der Waals surface area contributed by atoms with E-state index in [1.165, 1.54) is 0 Å². The molecule has 0 heterocycles. The van der Waals surface area contributed by atoms with Gasteiger partial charge in [0.2, 0.25) is 0 Å². The van der Waals surface area contributed by atoms with Crippen LogP contribution in [-0.2, 0) is 0 Å². The second-order valence-electron chi connectivity index (χ2n) is 4.34. The molecule has 1 rings (SSSR count). The predicted molar refractivity (Wildman–Crippen MR) is 71.6 cm³/mol. The molecule has 1 aromatic carbocycles. The first-order valence-electron chi connectivity index (χ1n) is 5.95. The Kier molecular flexibility index (Phi) is 5.10. The number of nitrogens with zero attached hydrogens (tertiary/aromatic N) is 1. The number of hydrogen-bond acceptors (Lipinski definition) is 4. The third-order valence-electron chi connectivity index (χ3n) is 2.37. The Labute approximate surface area is 103 Å². The van der Waals surface area contributed by atoms with Crippen LogP contribution in [0.2, 0.25) is 0 Å². The van der Waals surface area contributed by atoms with E-state index in [9.17, 15) is 5.11 Å². The van der Waals surface area contributed by atoms with Crippen LogP contribution < -0.4 is 15.4 Å². The standard InChI is InChI=1S/C13H22N2O2/c1-4-5-17-13-7-11(14)6-12(8-13)15(3)9-10(2)16/h6-8,10,16H,4-5,9,14H2,1-3H3. The molecule has 3 N–H and O–H groups in total. The zero-order valence-corrected chi connectivity index (χ0v) is 10.8. The van der Waals surface area contributed by atoms with Gasteiger partial charge in [0.05, 0.1) is 12.7 Å². The summed E-state index contributed by atoms with van der Waals surface area (Å²) in [4.78, 5) is 1.96. The first-order valence-corrected chi connectivity index (χ1v) is 5.95. The Morgan fingerprint density at radius 1 is 1.41 bits per heavy atom. The number of nitrogen functional groups attached to an aromatic ring is 1. The number of ether oxygens (including phenoxy) is 1. The lowest BCUT2D eigenvalue weighted by molar-refractivity contribution is 0.201. The molecule has 0 aromatic heterocycles. The third-order valence-corrected chi connectivity index (χ3v) is 2.37. The Morgan fingerprint density at radius 3 is 2.71 bits per heavy atom. The van der Waals surface area contributed by atoms with Crippen molar-refractivity contribution in [2.45, 2.75) is 26.4 Å². The van der Waals surface area contributed by atoms with Crippen molar-refractivity contribution >= 4 is 11.4 Å². The van der Waals surface area contributed by atoms with Crippen molar-refractivity contribution in [3.8, 4) is 5.75 Å². The summed E-state index contributed by atoms with van der Waals surface area (Å²) in [6, 6.07) is 5.63. The highest BCUT2D eigenvalue weighted by atomic mass is 16.5. The van der Waals surface area contributed by atoms with Crippen LogP contribution in [-0.4, -0.2) is 31.4 Å². The number of nitrogens with two attached hydrogens (primary N) is 1. The maximum absolute atomic E-state index is 9.36. The molecule has 1 aromatic rings. The highest BCUT2D eigenvalue weighted by molar-refractivity contribution is 5.60. The first kappa shape index (κ1) is 13.6. The van der Waals surface area contributed by atoms with Crippen LogP contribution in [0.3, 0.4) is 0 Å². The fraction of sp³-hybridized carbons (Fsp3) is 0.538. The van der Waals surface area contributed by atoms with E-state index >= 15 is 0 Å². The zero-order valence-electron chi connectivity index (χ0n) is 10.8. The number of benzene rings is 1. The summed E-state index contributed by atoms with van der Waals surface area (Å²) >= 11 is 0. The topological polar surface area (TPSA) is 58.7 Å². The second-order valence-corrected chi connectivity index (χ2v) is 4.34. The van der Waals surface area contributed by atoms with Gasteiger partial charge in [-0.25, -0.2) is 0 Å². The molecule has 96 valence electrons. The summed E-state index contributed by atoms with van der Waals surface area (Å²) in [5, 5.41) is 9.36. The molecule has 0 aliphatic rings. The van der Waals surface area contributed by atoms with Gasteiger partial charge in [0.1, 0.15) is 5.75 Å². The SMILES string of the molecule is CCCOc1cc(N)cc(N(C)CC(C)O)c1. The van der Waals surface area contributed by atoms with Crippen molar-refractivity contribution in [2.75, 3.05) is 30.8 Å². The number of aliphatic hydroxyl groups is 1. The molecule has 0 fully saturated rings. The molecular weight excluding hydrogens is 216 g/mol. The van der Waals surface area contributed by atoms with Crippen LogP contribution >= 0.6 is 0 Å². The van der Waals surface area contributed by atoms with E-state index in [0.29, 0.717) is 18.8 Å². The van der Waals surface area contributed by atoms with Gasteiger partial charge in [-0.1, -0.05) is 6.92 Å². The molecule has 4 nitrogen and oxygen atoms in total. The minimum Gasteiger partial charge on any atom is -0.493 e. The van der Waals surface area contributed by atoms with Crippen LogP contribution in [0.4, 0.5) is 11.4 Å². The van der Waals surface area contributed by atoms with Crippen molar-refractivity contribution in [2.24, 2.45) is 0 Å². The molecule has 1 unspecified atom stereocenters. The molecule has 0 saturated carbocycles. The molecule has 0 spiro atoms. The van der Waals surface area contributed by atoms with E-state index in [0.717, 1.165) is 17.9 Å². The minimum atomic E-state index is -0.374. The highest BCUT2D eigenvalue weighted by Gasteiger charge is 2.07. The lowest BCUT2D eigenvalue weighted by Gasteiger charge is -2.22. The number of likely N-dealkylation sites (N-methyl/N-ethyl adjacent to an activating group) is 1. The quantitative estimate of drug-likeness (QED) is 0.743. The number of anilines is 2. The largest absolute Gasteiger partial charge is 0.493 e. The molecule has 0 saturated heterocycles. The Hall–Kier alpha value is -1.42. The summed E-state index contributed by atoms with van der Waals surface area (Å²) in [7, 11) is 1.92. The van der Waals surface area contributed by atoms with Crippen molar-refractivity contribution in [1.29, 1.82) is 0 Å². The molecule has 0 bridgehead atoms. The summed E-state index contributed by atoms with van der Waals surface area (Å²) in [5.74, 6) is 0.777. The molecule has 1 atom stereocenters. The van der Waals surface area contributed by atoms with Crippen molar-refractivity contribution in [3.63, 3.8) is 0 Å². The monoisotopic (exact) mass is 238 g/mol. The lowest BCUT2D eigenvalue weighted by atomic mass is 10.2.